The Bertz CT molecular complexity index is 433. The second-order valence-electron chi connectivity index (χ2n) is 4.73. The van der Waals surface area contributed by atoms with Crippen molar-refractivity contribution >= 4 is 11.7 Å². The minimum atomic E-state index is -0.0753. The molecule has 0 radical (unpaired) electrons. The maximum atomic E-state index is 12.4. The molecule has 0 atom stereocenters. The smallest absolute Gasteiger partial charge is 0.254 e. The second-order valence-corrected chi connectivity index (χ2v) is 4.73. The molecule has 0 aromatic carbocycles. The summed E-state index contributed by atoms with van der Waals surface area (Å²) in [6.07, 6.45) is 0. The van der Waals surface area contributed by atoms with Crippen molar-refractivity contribution in [1.29, 1.82) is 0 Å². The Kier molecular flexibility index (Phi) is 5.76. The number of anilines is 1. The van der Waals surface area contributed by atoms with Crippen LogP contribution in [0, 0.1) is 6.92 Å². The molecule has 5 nitrogen and oxygen atoms in total. The normalized spacial score (nSPS) is 10.6. The average molecular weight is 265 g/mol. The van der Waals surface area contributed by atoms with E-state index in [2.05, 4.69) is 10.3 Å². The first-order valence-corrected chi connectivity index (χ1v) is 6.64. The van der Waals surface area contributed by atoms with Crippen LogP contribution < -0.4 is 5.32 Å². The van der Waals surface area contributed by atoms with Crippen LogP contribution in [0.2, 0.25) is 0 Å². The van der Waals surface area contributed by atoms with Gasteiger partial charge in [0.15, 0.2) is 0 Å². The molecule has 0 saturated carbocycles. The fourth-order valence-electron chi connectivity index (χ4n) is 1.93. The molecular weight excluding hydrogens is 242 g/mol. The summed E-state index contributed by atoms with van der Waals surface area (Å²) in [5, 5.41) is 12.2. The Morgan fingerprint density at radius 1 is 1.47 bits per heavy atom. The van der Waals surface area contributed by atoms with Crippen LogP contribution in [-0.2, 0) is 0 Å². The third-order valence-electron chi connectivity index (χ3n) is 2.78. The van der Waals surface area contributed by atoms with Crippen LogP contribution in [0.25, 0.3) is 0 Å². The van der Waals surface area contributed by atoms with Gasteiger partial charge in [-0.15, -0.1) is 0 Å². The zero-order valence-electron chi connectivity index (χ0n) is 12.1. The van der Waals surface area contributed by atoms with Crippen LogP contribution >= 0.6 is 0 Å². The summed E-state index contributed by atoms with van der Waals surface area (Å²) in [5.74, 6) is 0.632. The van der Waals surface area contributed by atoms with E-state index in [0.717, 1.165) is 12.2 Å². The Labute approximate surface area is 114 Å². The first-order valence-electron chi connectivity index (χ1n) is 6.64. The molecule has 106 valence electrons. The molecule has 0 fully saturated rings. The van der Waals surface area contributed by atoms with Crippen LogP contribution in [0.4, 0.5) is 5.82 Å². The molecule has 19 heavy (non-hydrogen) atoms. The molecule has 0 aliphatic carbocycles. The zero-order chi connectivity index (χ0) is 14.4. The predicted molar refractivity (Wildman–Crippen MR) is 76.4 cm³/mol. The molecule has 1 heterocycles. The highest BCUT2D eigenvalue weighted by molar-refractivity contribution is 5.95. The van der Waals surface area contributed by atoms with Gasteiger partial charge in [-0.3, -0.25) is 4.79 Å². The third kappa shape index (κ3) is 4.21. The number of aliphatic hydroxyl groups excluding tert-OH is 1. The number of nitrogens with zero attached hydrogens (tertiary/aromatic N) is 2. The van der Waals surface area contributed by atoms with Crippen molar-refractivity contribution in [2.45, 2.75) is 33.7 Å². The van der Waals surface area contributed by atoms with E-state index >= 15 is 0 Å². The number of aliphatic hydroxyl groups is 1. The lowest BCUT2D eigenvalue weighted by Gasteiger charge is -2.26. The average Bonchev–Trinajstić information content (AvgIpc) is 2.34. The van der Waals surface area contributed by atoms with E-state index in [0.29, 0.717) is 17.9 Å². The fraction of sp³-hybridized carbons (Fsp3) is 0.571. The molecule has 0 spiro atoms. The second kappa shape index (κ2) is 7.09. The van der Waals surface area contributed by atoms with Crippen LogP contribution in [0.5, 0.6) is 0 Å². The van der Waals surface area contributed by atoms with Gasteiger partial charge in [0.25, 0.3) is 5.91 Å². The topological polar surface area (TPSA) is 65.5 Å². The lowest BCUT2D eigenvalue weighted by atomic mass is 10.1. The van der Waals surface area contributed by atoms with Crippen molar-refractivity contribution in [3.05, 3.63) is 23.4 Å². The lowest BCUT2D eigenvalue weighted by molar-refractivity contribution is 0.0665. The molecule has 2 N–H and O–H groups in total. The van der Waals surface area contributed by atoms with E-state index in [9.17, 15) is 4.79 Å². The van der Waals surface area contributed by atoms with Gasteiger partial charge in [-0.05, 0) is 39.8 Å². The Morgan fingerprint density at radius 2 is 2.16 bits per heavy atom. The van der Waals surface area contributed by atoms with Gasteiger partial charge in [-0.1, -0.05) is 0 Å². The fourth-order valence-corrected chi connectivity index (χ4v) is 1.93. The molecule has 1 aromatic heterocycles. The van der Waals surface area contributed by atoms with Gasteiger partial charge in [0.1, 0.15) is 5.82 Å². The number of nitrogens with one attached hydrogen (secondary N) is 1. The summed E-state index contributed by atoms with van der Waals surface area (Å²) in [4.78, 5) is 18.4. The number of hydrogen-bond donors (Lipinski definition) is 2. The van der Waals surface area contributed by atoms with Crippen molar-refractivity contribution in [3.8, 4) is 0 Å². The van der Waals surface area contributed by atoms with Crippen LogP contribution in [0.3, 0.4) is 0 Å². The quantitative estimate of drug-likeness (QED) is 0.821. The SMILES string of the molecule is CCNc1cc(C(=O)N(CCO)C(C)C)cc(C)n1. The molecule has 0 aliphatic heterocycles. The summed E-state index contributed by atoms with van der Waals surface area (Å²) in [7, 11) is 0. The lowest BCUT2D eigenvalue weighted by Crippen LogP contribution is -2.39. The van der Waals surface area contributed by atoms with Crippen LogP contribution in [-0.4, -0.2) is 46.6 Å². The molecule has 0 saturated heterocycles. The van der Waals surface area contributed by atoms with Gasteiger partial charge in [0.05, 0.1) is 6.61 Å². The number of pyridine rings is 1. The first-order chi connectivity index (χ1) is 8.99. The number of carbonyl (C=O) groups excluding carboxylic acids is 1. The van der Waals surface area contributed by atoms with Crippen molar-refractivity contribution in [1.82, 2.24) is 9.88 Å². The van der Waals surface area contributed by atoms with E-state index in [4.69, 9.17) is 5.11 Å². The number of rotatable bonds is 6. The maximum absolute atomic E-state index is 12.4. The molecular formula is C14H23N3O2. The summed E-state index contributed by atoms with van der Waals surface area (Å²) >= 11 is 0. The monoisotopic (exact) mass is 265 g/mol. The number of aromatic nitrogens is 1. The first kappa shape index (κ1) is 15.4. The van der Waals surface area contributed by atoms with Gasteiger partial charge in [-0.25, -0.2) is 4.98 Å². The summed E-state index contributed by atoms with van der Waals surface area (Å²) in [5.41, 5.74) is 1.40. The highest BCUT2D eigenvalue weighted by Gasteiger charge is 2.19. The maximum Gasteiger partial charge on any atom is 0.254 e. The molecule has 0 bridgehead atoms. The highest BCUT2D eigenvalue weighted by Crippen LogP contribution is 2.14. The van der Waals surface area contributed by atoms with E-state index in [1.807, 2.05) is 27.7 Å². The van der Waals surface area contributed by atoms with Gasteiger partial charge in [0, 0.05) is 30.4 Å². The van der Waals surface area contributed by atoms with Crippen molar-refractivity contribution in [2.75, 3.05) is 25.0 Å². The molecule has 1 aromatic rings. The van der Waals surface area contributed by atoms with Gasteiger partial charge in [0.2, 0.25) is 0 Å². The Morgan fingerprint density at radius 3 is 2.68 bits per heavy atom. The van der Waals surface area contributed by atoms with E-state index in [1.54, 1.807) is 17.0 Å². The van der Waals surface area contributed by atoms with Gasteiger partial charge in [-0.2, -0.15) is 0 Å². The van der Waals surface area contributed by atoms with Gasteiger partial charge >= 0.3 is 0 Å². The molecule has 0 unspecified atom stereocenters. The van der Waals surface area contributed by atoms with Gasteiger partial charge < -0.3 is 15.3 Å². The Hall–Kier alpha value is -1.62. The highest BCUT2D eigenvalue weighted by atomic mass is 16.3. The zero-order valence-corrected chi connectivity index (χ0v) is 12.1. The van der Waals surface area contributed by atoms with Crippen LogP contribution in [0.1, 0.15) is 36.8 Å². The Balaban J connectivity index is 3.03. The summed E-state index contributed by atoms with van der Waals surface area (Å²) in [6, 6.07) is 3.58. The van der Waals surface area contributed by atoms with E-state index < -0.39 is 0 Å². The number of carbonyl (C=O) groups is 1. The molecule has 1 amide bonds. The minimum absolute atomic E-state index is 0.0337. The van der Waals surface area contributed by atoms with E-state index in [1.165, 1.54) is 0 Å². The standard InChI is InChI=1S/C14H23N3O2/c1-5-15-13-9-12(8-11(4)16-13)14(19)17(6-7-18)10(2)3/h8-10,18H,5-7H2,1-4H3,(H,15,16). The van der Waals surface area contributed by atoms with Crippen molar-refractivity contribution in [3.63, 3.8) is 0 Å². The molecule has 0 aliphatic rings. The number of aryl methyl sites for hydroxylation is 1. The van der Waals surface area contributed by atoms with Crippen LogP contribution in [0.15, 0.2) is 12.1 Å². The molecule has 5 heteroatoms. The minimum Gasteiger partial charge on any atom is -0.395 e. The molecule has 1 rings (SSSR count). The summed E-state index contributed by atoms with van der Waals surface area (Å²) < 4.78 is 0. The largest absolute Gasteiger partial charge is 0.395 e. The third-order valence-corrected chi connectivity index (χ3v) is 2.78. The predicted octanol–water partition coefficient (Wildman–Crippen LogP) is 1.66. The van der Waals surface area contributed by atoms with E-state index in [-0.39, 0.29) is 18.6 Å². The number of hydrogen-bond acceptors (Lipinski definition) is 4. The van der Waals surface area contributed by atoms with Crippen molar-refractivity contribution < 1.29 is 9.90 Å². The van der Waals surface area contributed by atoms with Crippen molar-refractivity contribution in [2.24, 2.45) is 0 Å². The summed E-state index contributed by atoms with van der Waals surface area (Å²) in [6.45, 7) is 8.79. The number of amides is 1.